The molecule has 0 fully saturated rings. The van der Waals surface area contributed by atoms with Crippen molar-refractivity contribution in [3.05, 3.63) is 28.5 Å². The first kappa shape index (κ1) is 15.3. The molecule has 1 heterocycles. The zero-order chi connectivity index (χ0) is 14.0. The van der Waals surface area contributed by atoms with Gasteiger partial charge in [0.25, 0.3) is 0 Å². The van der Waals surface area contributed by atoms with Crippen LogP contribution >= 0.6 is 23.5 Å². The molecule has 1 aromatic heterocycles. The molecule has 0 aliphatic rings. The highest BCUT2D eigenvalue weighted by Gasteiger charge is 2.35. The molecule has 1 aromatic rings. The Labute approximate surface area is 113 Å². The monoisotopic (exact) mass is 296 g/mol. The summed E-state index contributed by atoms with van der Waals surface area (Å²) in [5.74, 6) is 0. The maximum Gasteiger partial charge on any atom is 0.434 e. The molecule has 100 valence electrons. The summed E-state index contributed by atoms with van der Waals surface area (Å²) in [6.07, 6.45) is -2.00. The van der Waals surface area contributed by atoms with Gasteiger partial charge in [-0.25, -0.2) is 9.38 Å². The number of alkyl halides is 3. The van der Waals surface area contributed by atoms with E-state index in [1.807, 2.05) is 20.8 Å². The predicted molar refractivity (Wildman–Crippen MR) is 69.2 cm³/mol. The first-order valence-electron chi connectivity index (χ1n) is 5.04. The van der Waals surface area contributed by atoms with E-state index in [2.05, 4.69) is 9.38 Å². The zero-order valence-corrected chi connectivity index (χ0v) is 11.6. The Morgan fingerprint density at radius 3 is 2.39 bits per heavy atom. The van der Waals surface area contributed by atoms with Gasteiger partial charge in [0.2, 0.25) is 0 Å². The van der Waals surface area contributed by atoms with Gasteiger partial charge in [0.15, 0.2) is 5.69 Å². The largest absolute Gasteiger partial charge is 0.434 e. The van der Waals surface area contributed by atoms with E-state index in [0.29, 0.717) is 5.56 Å². The molecule has 0 saturated heterocycles. The van der Waals surface area contributed by atoms with Gasteiger partial charge in [-0.1, -0.05) is 11.6 Å². The molecule has 18 heavy (non-hydrogen) atoms. The molecular weight excluding hydrogens is 285 g/mol. The number of rotatable bonds is 2. The van der Waals surface area contributed by atoms with Crippen LogP contribution in [0, 0.1) is 0 Å². The second-order valence-corrected chi connectivity index (χ2v) is 6.56. The quantitative estimate of drug-likeness (QED) is 0.588. The van der Waals surface area contributed by atoms with Crippen molar-refractivity contribution in [3.63, 3.8) is 0 Å². The summed E-state index contributed by atoms with van der Waals surface area (Å²) in [6.45, 7) is 5.94. The van der Waals surface area contributed by atoms with Crippen molar-refractivity contribution in [3.8, 4) is 0 Å². The van der Waals surface area contributed by atoms with Crippen molar-refractivity contribution in [2.45, 2.75) is 31.7 Å². The summed E-state index contributed by atoms with van der Waals surface area (Å²) < 4.78 is 41.2. The lowest BCUT2D eigenvalue weighted by Gasteiger charge is -2.12. The van der Waals surface area contributed by atoms with Crippen LogP contribution in [0.5, 0.6) is 0 Å². The smallest absolute Gasteiger partial charge is 0.250 e. The van der Waals surface area contributed by atoms with Gasteiger partial charge in [-0.2, -0.15) is 13.2 Å². The molecule has 0 aliphatic carbocycles. The van der Waals surface area contributed by atoms with E-state index in [4.69, 9.17) is 11.6 Å². The number of hydrogen-bond donors (Lipinski definition) is 0. The molecule has 0 aliphatic heterocycles. The van der Waals surface area contributed by atoms with Crippen LogP contribution in [0.25, 0.3) is 0 Å². The Morgan fingerprint density at radius 2 is 1.94 bits per heavy atom. The van der Waals surface area contributed by atoms with E-state index >= 15 is 0 Å². The Bertz CT molecular complexity index is 453. The minimum atomic E-state index is -4.53. The Balaban J connectivity index is 2.86. The van der Waals surface area contributed by atoms with Crippen LogP contribution in [-0.2, 0) is 6.18 Å². The van der Waals surface area contributed by atoms with Gasteiger partial charge >= 0.3 is 6.18 Å². The molecule has 2 nitrogen and oxygen atoms in total. The molecular formula is C11H12ClF3N2S. The van der Waals surface area contributed by atoms with Gasteiger partial charge in [-0.3, -0.25) is 0 Å². The van der Waals surface area contributed by atoms with Crippen molar-refractivity contribution < 1.29 is 13.2 Å². The Kier molecular flexibility index (Phi) is 4.66. The van der Waals surface area contributed by atoms with Crippen LogP contribution < -0.4 is 0 Å². The topological polar surface area (TPSA) is 25.2 Å². The third-order valence-corrected chi connectivity index (χ3v) is 2.71. The molecule has 0 unspecified atom stereocenters. The zero-order valence-electron chi connectivity index (χ0n) is 10.0. The Morgan fingerprint density at radius 1 is 1.33 bits per heavy atom. The maximum atomic E-state index is 12.4. The first-order valence-corrected chi connectivity index (χ1v) is 6.19. The maximum absolute atomic E-state index is 12.4. The molecule has 0 spiro atoms. The van der Waals surface area contributed by atoms with Gasteiger partial charge in [-0.05, 0) is 38.8 Å². The number of nitrogens with zero attached hydrogens (tertiary/aromatic N) is 2. The Hall–Kier alpha value is -0.750. The predicted octanol–water partition coefficient (Wildman–Crippen LogP) is 4.62. The lowest BCUT2D eigenvalue weighted by atomic mass is 10.2. The van der Waals surface area contributed by atoms with Crippen molar-refractivity contribution in [1.29, 1.82) is 0 Å². The van der Waals surface area contributed by atoms with Crippen LogP contribution in [0.1, 0.15) is 32.0 Å². The third kappa shape index (κ3) is 4.86. The van der Waals surface area contributed by atoms with Gasteiger partial charge in [0.1, 0.15) is 0 Å². The van der Waals surface area contributed by atoms with E-state index in [-0.39, 0.29) is 4.75 Å². The van der Waals surface area contributed by atoms with Gasteiger partial charge in [-0.15, -0.1) is 0 Å². The van der Waals surface area contributed by atoms with E-state index in [0.717, 1.165) is 6.20 Å². The minimum Gasteiger partial charge on any atom is -0.250 e. The van der Waals surface area contributed by atoms with Gasteiger partial charge < -0.3 is 0 Å². The molecule has 0 bridgehead atoms. The number of hydrogen-bond acceptors (Lipinski definition) is 3. The second-order valence-electron chi connectivity index (χ2n) is 4.54. The summed E-state index contributed by atoms with van der Waals surface area (Å²) in [5, 5.41) is -0.424. The molecule has 1 rings (SSSR count). The van der Waals surface area contributed by atoms with Crippen LogP contribution in [0.15, 0.2) is 16.7 Å². The average molecular weight is 297 g/mol. The summed E-state index contributed by atoms with van der Waals surface area (Å²) in [6, 6.07) is 1.20. The van der Waals surface area contributed by atoms with Crippen molar-refractivity contribution in [2.75, 3.05) is 0 Å². The van der Waals surface area contributed by atoms with Crippen molar-refractivity contribution in [2.24, 2.45) is 4.40 Å². The van der Waals surface area contributed by atoms with Crippen LogP contribution in [0.4, 0.5) is 13.2 Å². The summed E-state index contributed by atoms with van der Waals surface area (Å²) in [4.78, 5) is 3.31. The first-order chi connectivity index (χ1) is 8.09. The summed E-state index contributed by atoms with van der Waals surface area (Å²) in [7, 11) is 0. The highest BCUT2D eigenvalue weighted by atomic mass is 35.5. The third-order valence-electron chi connectivity index (χ3n) is 1.66. The molecule has 7 heteroatoms. The standard InChI is InChI=1S/C11H12ClF3N2S/c1-10(2,3)18-17-6-7-4-8(12)9(16-5-7)11(13,14)15/h4-6H,1-3H3/b17-6+. The lowest BCUT2D eigenvalue weighted by molar-refractivity contribution is -0.141. The fourth-order valence-electron chi connectivity index (χ4n) is 0.977. The molecule has 0 aromatic carbocycles. The minimum absolute atomic E-state index is 0.0559. The number of aromatic nitrogens is 1. The fraction of sp³-hybridized carbons (Fsp3) is 0.455. The molecule has 0 amide bonds. The molecule has 0 radical (unpaired) electrons. The lowest BCUT2D eigenvalue weighted by Crippen LogP contribution is -2.09. The van der Waals surface area contributed by atoms with E-state index in [1.165, 1.54) is 24.2 Å². The molecule has 0 saturated carbocycles. The van der Waals surface area contributed by atoms with E-state index in [1.54, 1.807) is 0 Å². The molecule has 0 N–H and O–H groups in total. The number of pyridine rings is 1. The SMILES string of the molecule is CC(C)(C)S/N=C/c1cnc(C(F)(F)F)c(Cl)c1. The number of halogens is 4. The molecule has 0 atom stereocenters. The van der Waals surface area contributed by atoms with Crippen LogP contribution in [-0.4, -0.2) is 15.9 Å². The normalized spacial score (nSPS) is 13.3. The highest BCUT2D eigenvalue weighted by molar-refractivity contribution is 7.99. The summed E-state index contributed by atoms with van der Waals surface area (Å²) in [5.41, 5.74) is -0.644. The van der Waals surface area contributed by atoms with E-state index < -0.39 is 16.9 Å². The second kappa shape index (κ2) is 5.48. The van der Waals surface area contributed by atoms with Crippen molar-refractivity contribution in [1.82, 2.24) is 4.98 Å². The van der Waals surface area contributed by atoms with E-state index in [9.17, 15) is 13.2 Å². The van der Waals surface area contributed by atoms with Crippen LogP contribution in [0.2, 0.25) is 5.02 Å². The summed E-state index contributed by atoms with van der Waals surface area (Å²) >= 11 is 6.85. The van der Waals surface area contributed by atoms with Crippen LogP contribution in [0.3, 0.4) is 0 Å². The van der Waals surface area contributed by atoms with Gasteiger partial charge in [0, 0.05) is 22.7 Å². The highest BCUT2D eigenvalue weighted by Crippen LogP contribution is 2.33. The van der Waals surface area contributed by atoms with Gasteiger partial charge in [0.05, 0.1) is 5.02 Å². The van der Waals surface area contributed by atoms with Crippen molar-refractivity contribution >= 4 is 29.8 Å². The fourth-order valence-corrected chi connectivity index (χ4v) is 1.75. The average Bonchev–Trinajstić information content (AvgIpc) is 2.13.